The number of carbonyl (C=O) groups excluding carboxylic acids is 3. The summed E-state index contributed by atoms with van der Waals surface area (Å²) in [6.45, 7) is 10.3. The molecule has 4 aliphatic rings. The van der Waals surface area contributed by atoms with Crippen molar-refractivity contribution in [1.82, 2.24) is 0 Å². The lowest BCUT2D eigenvalue weighted by Crippen LogP contribution is -2.75. The predicted octanol–water partition coefficient (Wildman–Crippen LogP) is 1.37. The molecule has 0 heterocycles. The Kier molecular flexibility index (Phi) is 5.17. The van der Waals surface area contributed by atoms with Gasteiger partial charge in [0.1, 0.15) is 17.8 Å². The number of aliphatic hydroxyl groups is 3. The van der Waals surface area contributed by atoms with Crippen LogP contribution in [0.2, 0.25) is 0 Å². The number of Topliss-reactive ketones (excluding diaryl/α,β-unsaturated/α-hetero) is 1. The van der Waals surface area contributed by atoms with Crippen molar-refractivity contribution in [1.29, 1.82) is 0 Å². The third kappa shape index (κ3) is 2.69. The molecule has 180 valence electrons. The molecule has 1 spiro atoms. The Labute approximate surface area is 188 Å². The van der Waals surface area contributed by atoms with E-state index in [9.17, 15) is 29.7 Å². The van der Waals surface area contributed by atoms with Gasteiger partial charge < -0.3 is 24.8 Å². The Hall–Kier alpha value is -1.51. The number of rotatable bonds is 2. The number of ketones is 1. The van der Waals surface area contributed by atoms with Gasteiger partial charge in [-0.2, -0.15) is 0 Å². The van der Waals surface area contributed by atoms with Crippen molar-refractivity contribution >= 4 is 17.7 Å². The molecule has 10 atom stereocenters. The van der Waals surface area contributed by atoms with Crippen molar-refractivity contribution in [2.24, 2.45) is 34.0 Å². The third-order valence-electron chi connectivity index (χ3n) is 9.66. The zero-order valence-corrected chi connectivity index (χ0v) is 19.8. The number of esters is 2. The topological polar surface area (TPSA) is 130 Å². The van der Waals surface area contributed by atoms with Gasteiger partial charge in [-0.1, -0.05) is 27.7 Å². The molecule has 0 aromatic heterocycles. The van der Waals surface area contributed by atoms with Gasteiger partial charge in [0.25, 0.3) is 0 Å². The largest absolute Gasteiger partial charge is 0.462 e. The van der Waals surface area contributed by atoms with Crippen molar-refractivity contribution in [2.45, 2.75) is 97.2 Å². The molecule has 0 aromatic carbocycles. The molecular formula is C24H36O8. The van der Waals surface area contributed by atoms with E-state index in [1.54, 1.807) is 6.92 Å². The van der Waals surface area contributed by atoms with Crippen molar-refractivity contribution in [2.75, 3.05) is 0 Å². The van der Waals surface area contributed by atoms with Gasteiger partial charge in [0.2, 0.25) is 0 Å². The van der Waals surface area contributed by atoms with Gasteiger partial charge in [0, 0.05) is 37.5 Å². The number of hydrogen-bond donors (Lipinski definition) is 3. The summed E-state index contributed by atoms with van der Waals surface area (Å²) in [5.74, 6) is -3.34. The Morgan fingerprint density at radius 2 is 1.66 bits per heavy atom. The van der Waals surface area contributed by atoms with Gasteiger partial charge in [0.05, 0.1) is 17.6 Å². The molecule has 32 heavy (non-hydrogen) atoms. The average Bonchev–Trinajstić information content (AvgIpc) is 2.75. The summed E-state index contributed by atoms with van der Waals surface area (Å²) in [4.78, 5) is 37.9. The summed E-state index contributed by atoms with van der Waals surface area (Å²) >= 11 is 0. The van der Waals surface area contributed by atoms with Crippen LogP contribution in [-0.4, -0.2) is 63.1 Å². The van der Waals surface area contributed by atoms with Crippen molar-refractivity contribution in [3.8, 4) is 0 Å². The quantitative estimate of drug-likeness (QED) is 0.536. The maximum atomic E-state index is 13.8. The number of hydrogen-bond acceptors (Lipinski definition) is 8. The van der Waals surface area contributed by atoms with Gasteiger partial charge in [-0.05, 0) is 30.6 Å². The van der Waals surface area contributed by atoms with E-state index in [0.29, 0.717) is 6.42 Å². The van der Waals surface area contributed by atoms with Crippen LogP contribution >= 0.6 is 0 Å². The first kappa shape index (κ1) is 23.6. The van der Waals surface area contributed by atoms with Gasteiger partial charge in [-0.3, -0.25) is 14.4 Å². The minimum atomic E-state index is -1.81. The monoisotopic (exact) mass is 452 g/mol. The van der Waals surface area contributed by atoms with Crippen LogP contribution in [0.25, 0.3) is 0 Å². The maximum absolute atomic E-state index is 13.8. The lowest BCUT2D eigenvalue weighted by atomic mass is 9.38. The standard InChI is InChI=1S/C24H36O8/c1-11-19(28)24-16(27)9-15-21(4,5)8-7-17(32-13(3)26)22(15,6)18(24)14(31-12(2)25)10-23(11,30)20(24)29/h11,14-18,20,27,29-30H,7-10H2,1-6H3/t11-,14?,15?,16+,17+,18?,20?,22-,23+,24?/m0/s1. The first-order valence-corrected chi connectivity index (χ1v) is 11.6. The molecule has 0 saturated heterocycles. The third-order valence-corrected chi connectivity index (χ3v) is 9.66. The minimum Gasteiger partial charge on any atom is -0.462 e. The summed E-state index contributed by atoms with van der Waals surface area (Å²) in [6, 6.07) is 0. The molecule has 8 nitrogen and oxygen atoms in total. The highest BCUT2D eigenvalue weighted by molar-refractivity contribution is 5.94. The molecule has 4 aliphatic carbocycles. The molecule has 8 heteroatoms. The van der Waals surface area contributed by atoms with E-state index >= 15 is 0 Å². The van der Waals surface area contributed by atoms with Crippen molar-refractivity contribution < 1.29 is 39.2 Å². The number of ether oxygens (including phenoxy) is 2. The molecule has 4 rings (SSSR count). The van der Waals surface area contributed by atoms with E-state index in [1.807, 2.05) is 6.92 Å². The second-order valence-corrected chi connectivity index (χ2v) is 11.5. The Morgan fingerprint density at radius 3 is 2.22 bits per heavy atom. The molecule has 0 amide bonds. The molecule has 0 radical (unpaired) electrons. The maximum Gasteiger partial charge on any atom is 0.302 e. The van der Waals surface area contributed by atoms with E-state index in [4.69, 9.17) is 9.47 Å². The van der Waals surface area contributed by atoms with E-state index in [1.165, 1.54) is 13.8 Å². The second-order valence-electron chi connectivity index (χ2n) is 11.5. The van der Waals surface area contributed by atoms with E-state index in [2.05, 4.69) is 13.8 Å². The number of carbonyl (C=O) groups is 3. The normalized spacial score (nSPS) is 51.4. The highest BCUT2D eigenvalue weighted by Crippen LogP contribution is 2.72. The van der Waals surface area contributed by atoms with Crippen LogP contribution < -0.4 is 0 Å². The van der Waals surface area contributed by atoms with Crippen LogP contribution in [0.5, 0.6) is 0 Å². The van der Waals surface area contributed by atoms with Gasteiger partial charge in [-0.25, -0.2) is 0 Å². The van der Waals surface area contributed by atoms with Crippen LogP contribution in [0.15, 0.2) is 0 Å². The highest BCUT2D eigenvalue weighted by Gasteiger charge is 2.82. The molecule has 3 N–H and O–H groups in total. The smallest absolute Gasteiger partial charge is 0.302 e. The highest BCUT2D eigenvalue weighted by atomic mass is 16.6. The summed E-state index contributed by atoms with van der Waals surface area (Å²) in [5, 5.41) is 34.4. The lowest BCUT2D eigenvalue weighted by molar-refractivity contribution is -0.296. The van der Waals surface area contributed by atoms with Crippen LogP contribution in [0.1, 0.15) is 67.2 Å². The van der Waals surface area contributed by atoms with Crippen LogP contribution in [0, 0.1) is 34.0 Å². The predicted molar refractivity (Wildman–Crippen MR) is 112 cm³/mol. The SMILES string of the molecule is CC(=O)OC1C[C@]2(O)C(O)C3(C(=O)[C@@H]2C)C1[C@@]1(C)C(C[C@H]3O)C(C)(C)CC[C@H]1OC(C)=O. The minimum absolute atomic E-state index is 0.116. The van der Waals surface area contributed by atoms with Crippen molar-refractivity contribution in [3.05, 3.63) is 0 Å². The van der Waals surface area contributed by atoms with E-state index in [-0.39, 0.29) is 24.2 Å². The molecule has 2 bridgehead atoms. The fraction of sp³-hybridized carbons (Fsp3) is 0.875. The molecule has 5 unspecified atom stereocenters. The summed E-state index contributed by atoms with van der Waals surface area (Å²) in [5.41, 5.74) is -4.63. The zero-order chi connectivity index (χ0) is 24.0. The Balaban J connectivity index is 1.99. The first-order valence-electron chi connectivity index (χ1n) is 11.6. The second kappa shape index (κ2) is 7.00. The fourth-order valence-electron chi connectivity index (χ4n) is 8.39. The fourth-order valence-corrected chi connectivity index (χ4v) is 8.39. The lowest BCUT2D eigenvalue weighted by Gasteiger charge is -2.68. The molecule has 0 aliphatic heterocycles. The summed E-state index contributed by atoms with van der Waals surface area (Å²) in [7, 11) is 0. The van der Waals surface area contributed by atoms with Crippen LogP contribution in [0.4, 0.5) is 0 Å². The van der Waals surface area contributed by atoms with E-state index < -0.39 is 70.4 Å². The van der Waals surface area contributed by atoms with Gasteiger partial charge >= 0.3 is 11.9 Å². The van der Waals surface area contributed by atoms with Crippen LogP contribution in [0.3, 0.4) is 0 Å². The number of fused-ring (bicyclic) bond motifs is 3. The van der Waals surface area contributed by atoms with E-state index in [0.717, 1.165) is 6.42 Å². The Morgan fingerprint density at radius 1 is 1.06 bits per heavy atom. The molecular weight excluding hydrogens is 416 g/mol. The molecule has 4 saturated carbocycles. The van der Waals surface area contributed by atoms with Crippen LogP contribution in [-0.2, 0) is 23.9 Å². The van der Waals surface area contributed by atoms with Crippen molar-refractivity contribution in [3.63, 3.8) is 0 Å². The molecule has 0 aromatic rings. The Bertz CT molecular complexity index is 853. The summed E-state index contributed by atoms with van der Waals surface area (Å²) < 4.78 is 11.5. The average molecular weight is 453 g/mol. The first-order chi connectivity index (χ1) is 14.6. The molecule has 4 fully saturated rings. The summed E-state index contributed by atoms with van der Waals surface area (Å²) in [6.07, 6.45) is -2.81. The van der Waals surface area contributed by atoms with Gasteiger partial charge in [-0.15, -0.1) is 0 Å². The zero-order valence-electron chi connectivity index (χ0n) is 19.8. The van der Waals surface area contributed by atoms with Gasteiger partial charge in [0.15, 0.2) is 5.78 Å². The number of aliphatic hydroxyl groups excluding tert-OH is 2.